The topological polar surface area (TPSA) is 88.0 Å². The average Bonchev–Trinajstić information content (AvgIpc) is 3.37. The van der Waals surface area contributed by atoms with Crippen molar-refractivity contribution in [2.75, 3.05) is 25.1 Å². The molecular formula is C38H36F6N4O4. The van der Waals surface area contributed by atoms with Crippen molar-refractivity contribution in [1.29, 1.82) is 0 Å². The Kier molecular flexibility index (Phi) is 8.87. The first-order valence-corrected chi connectivity index (χ1v) is 16.9. The number of aryl methyl sites for hydroxylation is 1. The normalized spacial score (nSPS) is 18.7. The third-order valence-corrected chi connectivity index (χ3v) is 10.4. The third kappa shape index (κ3) is 6.30. The summed E-state index contributed by atoms with van der Waals surface area (Å²) < 4.78 is 94.6. The molecule has 4 aromatic rings. The standard InChI is InChI=1S/C38H36F6N4O4/c1-21-17-47(18-21)34-45-16-30(29-14-24(6-8-32(29)51-3)28-7-5-23(20-49)11-22(28)2)31(46-34)19-48-35(50)52-33(36(48)9-4-10-36)25-12-26(37(39,40)41)15-27(13-25)38(42,43)44/h5-8,11-16,21,33,49H,4,9-10,17-20H2,1-3H3/t33-/m1/s1. The van der Waals surface area contributed by atoms with E-state index >= 15 is 0 Å². The largest absolute Gasteiger partial charge is 0.496 e. The number of methoxy groups -OCH3 is 1. The highest BCUT2D eigenvalue weighted by Crippen LogP contribution is 2.55. The first-order valence-electron chi connectivity index (χ1n) is 16.9. The van der Waals surface area contributed by atoms with E-state index < -0.39 is 41.2 Å². The van der Waals surface area contributed by atoms with Gasteiger partial charge in [0.2, 0.25) is 5.95 Å². The SMILES string of the molecule is COc1ccc(-c2ccc(CO)cc2C)cc1-c1cnc(N2CC(C)C2)nc1CN1C(=O)O[C@H](c2cc(C(F)(F)F)cc(C(F)(F)F)c2)C12CCC2. The number of cyclic esters (lactones) is 1. The van der Waals surface area contributed by atoms with Gasteiger partial charge in [-0.25, -0.2) is 14.8 Å². The molecule has 3 aromatic carbocycles. The lowest BCUT2D eigenvalue weighted by atomic mass is 9.70. The number of benzene rings is 3. The van der Waals surface area contributed by atoms with Crippen LogP contribution < -0.4 is 9.64 Å². The number of amides is 1. The van der Waals surface area contributed by atoms with Crippen LogP contribution in [0.5, 0.6) is 5.75 Å². The molecule has 0 unspecified atom stereocenters. The molecule has 8 nitrogen and oxygen atoms in total. The zero-order valence-corrected chi connectivity index (χ0v) is 28.6. The first-order chi connectivity index (χ1) is 24.6. The Morgan fingerprint density at radius 3 is 2.19 bits per heavy atom. The number of rotatable bonds is 8. The zero-order valence-electron chi connectivity index (χ0n) is 28.6. The summed E-state index contributed by atoms with van der Waals surface area (Å²) in [5, 5.41) is 9.62. The van der Waals surface area contributed by atoms with Crippen LogP contribution in [0.25, 0.3) is 22.3 Å². The Morgan fingerprint density at radius 2 is 1.63 bits per heavy atom. The van der Waals surface area contributed by atoms with Gasteiger partial charge < -0.3 is 19.5 Å². The van der Waals surface area contributed by atoms with Gasteiger partial charge in [0, 0.05) is 30.4 Å². The number of alkyl halides is 6. The van der Waals surface area contributed by atoms with E-state index in [4.69, 9.17) is 14.5 Å². The van der Waals surface area contributed by atoms with Crippen molar-refractivity contribution in [2.24, 2.45) is 5.92 Å². The smallest absolute Gasteiger partial charge is 0.416 e. The van der Waals surface area contributed by atoms with Gasteiger partial charge in [-0.3, -0.25) is 4.90 Å². The van der Waals surface area contributed by atoms with Crippen LogP contribution in [0.15, 0.2) is 60.8 Å². The fraction of sp³-hybridized carbons (Fsp3) is 0.395. The van der Waals surface area contributed by atoms with E-state index in [-0.39, 0.29) is 24.8 Å². The van der Waals surface area contributed by atoms with Gasteiger partial charge in [-0.2, -0.15) is 26.3 Å². The number of hydrogen-bond acceptors (Lipinski definition) is 7. The Labute approximate surface area is 296 Å². The summed E-state index contributed by atoms with van der Waals surface area (Å²) in [6.45, 7) is 5.22. The molecule has 1 aliphatic carbocycles. The lowest BCUT2D eigenvalue weighted by molar-refractivity contribution is -0.143. The molecule has 2 aliphatic heterocycles. The number of nitrogens with zero attached hydrogens (tertiary/aromatic N) is 4. The maximum atomic E-state index is 13.8. The molecule has 3 heterocycles. The molecule has 3 aliphatic rings. The molecule has 52 heavy (non-hydrogen) atoms. The van der Waals surface area contributed by atoms with Gasteiger partial charge in [0.1, 0.15) is 5.75 Å². The van der Waals surface area contributed by atoms with Crippen LogP contribution in [0.4, 0.5) is 37.1 Å². The molecular weight excluding hydrogens is 690 g/mol. The fourth-order valence-electron chi connectivity index (χ4n) is 7.55. The fourth-order valence-corrected chi connectivity index (χ4v) is 7.55. The van der Waals surface area contributed by atoms with Gasteiger partial charge in [-0.15, -0.1) is 0 Å². The summed E-state index contributed by atoms with van der Waals surface area (Å²) in [5.41, 5.74) is 0.498. The van der Waals surface area contributed by atoms with Crippen molar-refractivity contribution in [3.63, 3.8) is 0 Å². The molecule has 1 aromatic heterocycles. The van der Waals surface area contributed by atoms with E-state index in [1.54, 1.807) is 12.3 Å². The summed E-state index contributed by atoms with van der Waals surface area (Å²) in [6, 6.07) is 12.6. The van der Waals surface area contributed by atoms with Crippen molar-refractivity contribution in [3.05, 3.63) is 94.3 Å². The average molecular weight is 727 g/mol. The first kappa shape index (κ1) is 35.5. The van der Waals surface area contributed by atoms with Crippen LogP contribution in [0.3, 0.4) is 0 Å². The van der Waals surface area contributed by atoms with Gasteiger partial charge in [-0.1, -0.05) is 31.2 Å². The minimum Gasteiger partial charge on any atom is -0.496 e. The molecule has 1 saturated carbocycles. The van der Waals surface area contributed by atoms with Crippen LogP contribution in [0, 0.1) is 12.8 Å². The van der Waals surface area contributed by atoms with Crippen LogP contribution in [-0.2, 0) is 30.2 Å². The maximum Gasteiger partial charge on any atom is 0.416 e. The van der Waals surface area contributed by atoms with E-state index in [1.807, 2.05) is 42.2 Å². The van der Waals surface area contributed by atoms with Crippen LogP contribution >= 0.6 is 0 Å². The number of halogens is 6. The third-order valence-electron chi connectivity index (χ3n) is 10.4. The van der Waals surface area contributed by atoms with Crippen LogP contribution in [0.1, 0.15) is 65.8 Å². The number of aliphatic hydroxyl groups is 1. The van der Waals surface area contributed by atoms with Gasteiger partial charge in [0.15, 0.2) is 6.10 Å². The second-order valence-electron chi connectivity index (χ2n) is 13.9. The summed E-state index contributed by atoms with van der Waals surface area (Å²) >= 11 is 0. The predicted octanol–water partition coefficient (Wildman–Crippen LogP) is 8.73. The van der Waals surface area contributed by atoms with Gasteiger partial charge >= 0.3 is 18.4 Å². The molecule has 0 bridgehead atoms. The van der Waals surface area contributed by atoms with E-state index in [2.05, 4.69) is 11.9 Å². The van der Waals surface area contributed by atoms with Gasteiger partial charge in [0.05, 0.1) is 42.6 Å². The number of aromatic nitrogens is 2. The molecule has 2 saturated heterocycles. The molecule has 14 heteroatoms. The number of aliphatic hydroxyl groups excluding tert-OH is 1. The van der Waals surface area contributed by atoms with Crippen molar-refractivity contribution >= 4 is 12.0 Å². The summed E-state index contributed by atoms with van der Waals surface area (Å²) in [5.74, 6) is 1.35. The minimum absolute atomic E-state index is 0.0703. The summed E-state index contributed by atoms with van der Waals surface area (Å²) in [4.78, 5) is 26.7. The Morgan fingerprint density at radius 1 is 0.942 bits per heavy atom. The summed E-state index contributed by atoms with van der Waals surface area (Å²) in [6.07, 6.45) is -9.50. The van der Waals surface area contributed by atoms with E-state index in [9.17, 15) is 36.2 Å². The highest BCUT2D eigenvalue weighted by Gasteiger charge is 2.59. The van der Waals surface area contributed by atoms with E-state index in [0.29, 0.717) is 65.8 Å². The van der Waals surface area contributed by atoms with Crippen molar-refractivity contribution in [2.45, 2.75) is 70.3 Å². The van der Waals surface area contributed by atoms with Gasteiger partial charge in [0.25, 0.3) is 0 Å². The monoisotopic (exact) mass is 726 g/mol. The van der Waals surface area contributed by atoms with E-state index in [0.717, 1.165) is 35.3 Å². The molecule has 7 rings (SSSR count). The second-order valence-corrected chi connectivity index (χ2v) is 13.9. The molecule has 1 N–H and O–H groups in total. The number of hydrogen-bond donors (Lipinski definition) is 1. The van der Waals surface area contributed by atoms with Crippen molar-refractivity contribution in [1.82, 2.24) is 14.9 Å². The van der Waals surface area contributed by atoms with Crippen molar-refractivity contribution < 1.29 is 45.7 Å². The quantitative estimate of drug-likeness (QED) is 0.182. The number of anilines is 1. The highest BCUT2D eigenvalue weighted by atomic mass is 19.4. The lowest BCUT2D eigenvalue weighted by Crippen LogP contribution is -2.53. The second kappa shape index (κ2) is 13.0. The van der Waals surface area contributed by atoms with Crippen LogP contribution in [0.2, 0.25) is 0 Å². The molecule has 0 radical (unpaired) electrons. The maximum absolute atomic E-state index is 13.8. The molecule has 1 amide bonds. The Bertz CT molecular complexity index is 1990. The Hall–Kier alpha value is -4.85. The molecule has 1 spiro atoms. The number of carbonyl (C=O) groups excluding carboxylic acids is 1. The predicted molar refractivity (Wildman–Crippen MR) is 179 cm³/mol. The lowest BCUT2D eigenvalue weighted by Gasteiger charge is -2.46. The van der Waals surface area contributed by atoms with Gasteiger partial charge in [-0.05, 0) is 90.3 Å². The van der Waals surface area contributed by atoms with E-state index in [1.165, 1.54) is 12.0 Å². The zero-order chi connectivity index (χ0) is 37.2. The highest BCUT2D eigenvalue weighted by molar-refractivity contribution is 5.80. The molecule has 274 valence electrons. The minimum atomic E-state index is -5.06. The molecule has 1 atom stereocenters. The number of ether oxygens (including phenoxy) is 2. The Balaban J connectivity index is 1.32. The molecule has 3 fully saturated rings. The van der Waals surface area contributed by atoms with Crippen molar-refractivity contribution in [3.8, 4) is 28.0 Å². The van der Waals surface area contributed by atoms with Crippen LogP contribution in [-0.4, -0.2) is 51.8 Å². The number of carbonyl (C=O) groups is 1. The summed E-state index contributed by atoms with van der Waals surface area (Å²) in [7, 11) is 1.52.